The highest BCUT2D eigenvalue weighted by atomic mass is 16.5. The van der Waals surface area contributed by atoms with Crippen LogP contribution in [0.3, 0.4) is 0 Å². The normalized spacial score (nSPS) is 14.7. The van der Waals surface area contributed by atoms with Crippen molar-refractivity contribution in [3.05, 3.63) is 23.8 Å². The van der Waals surface area contributed by atoms with Crippen LogP contribution in [-0.4, -0.2) is 36.8 Å². The second kappa shape index (κ2) is 7.26. The maximum Gasteiger partial charge on any atom is 0.265 e. The van der Waals surface area contributed by atoms with E-state index in [4.69, 9.17) is 4.74 Å². The van der Waals surface area contributed by atoms with Crippen LogP contribution in [0.25, 0.3) is 0 Å². The molecule has 6 heteroatoms. The smallest absolute Gasteiger partial charge is 0.265 e. The minimum atomic E-state index is -0.294. The second-order valence-electron chi connectivity index (χ2n) is 5.60. The fraction of sp³-hybridized carbons (Fsp3) is 0.471. The van der Waals surface area contributed by atoms with Gasteiger partial charge in [-0.2, -0.15) is 0 Å². The SMILES string of the molecule is CCC(=O)c1ccc2c(c1)N(CC(=O)NC(C)CC)C(=O)CO2. The Kier molecular flexibility index (Phi) is 5.36. The summed E-state index contributed by atoms with van der Waals surface area (Å²) < 4.78 is 5.38. The molecule has 0 aromatic heterocycles. The number of Topliss-reactive ketones (excluding diaryl/α,β-unsaturated/α-hetero) is 1. The first-order valence-electron chi connectivity index (χ1n) is 7.86. The summed E-state index contributed by atoms with van der Waals surface area (Å²) in [6.45, 7) is 5.47. The fourth-order valence-electron chi connectivity index (χ4n) is 2.32. The molecule has 2 amide bonds. The molecular weight excluding hydrogens is 296 g/mol. The van der Waals surface area contributed by atoms with Crippen LogP contribution in [-0.2, 0) is 9.59 Å². The molecule has 23 heavy (non-hydrogen) atoms. The van der Waals surface area contributed by atoms with E-state index >= 15 is 0 Å². The zero-order valence-electron chi connectivity index (χ0n) is 13.7. The van der Waals surface area contributed by atoms with Gasteiger partial charge in [0.15, 0.2) is 12.4 Å². The average Bonchev–Trinajstić information content (AvgIpc) is 2.56. The van der Waals surface area contributed by atoms with E-state index in [-0.39, 0.29) is 36.8 Å². The van der Waals surface area contributed by atoms with Gasteiger partial charge in [-0.1, -0.05) is 13.8 Å². The van der Waals surface area contributed by atoms with Crippen LogP contribution >= 0.6 is 0 Å². The molecule has 1 atom stereocenters. The topological polar surface area (TPSA) is 75.7 Å². The van der Waals surface area contributed by atoms with Gasteiger partial charge in [0.2, 0.25) is 5.91 Å². The van der Waals surface area contributed by atoms with Crippen LogP contribution in [0.1, 0.15) is 44.0 Å². The maximum absolute atomic E-state index is 12.1. The van der Waals surface area contributed by atoms with Crippen molar-refractivity contribution in [2.75, 3.05) is 18.1 Å². The Bertz CT molecular complexity index is 627. The van der Waals surface area contributed by atoms with E-state index in [2.05, 4.69) is 5.32 Å². The lowest BCUT2D eigenvalue weighted by molar-refractivity contribution is -0.125. The van der Waals surface area contributed by atoms with Crippen molar-refractivity contribution >= 4 is 23.3 Å². The highest BCUT2D eigenvalue weighted by Crippen LogP contribution is 2.33. The molecule has 0 bridgehead atoms. The van der Waals surface area contributed by atoms with Gasteiger partial charge in [-0.3, -0.25) is 19.3 Å². The van der Waals surface area contributed by atoms with E-state index in [1.54, 1.807) is 25.1 Å². The molecule has 0 saturated carbocycles. The number of ketones is 1. The molecular formula is C17H22N2O4. The number of nitrogens with zero attached hydrogens (tertiary/aromatic N) is 1. The Morgan fingerprint density at radius 2 is 2.09 bits per heavy atom. The Labute approximate surface area is 135 Å². The summed E-state index contributed by atoms with van der Waals surface area (Å²) in [7, 11) is 0. The molecule has 6 nitrogen and oxygen atoms in total. The third-order valence-corrected chi connectivity index (χ3v) is 3.87. The molecule has 0 fully saturated rings. The molecule has 0 aliphatic carbocycles. The van der Waals surface area contributed by atoms with Crippen molar-refractivity contribution in [3.8, 4) is 5.75 Å². The van der Waals surface area contributed by atoms with E-state index < -0.39 is 0 Å². The maximum atomic E-state index is 12.1. The average molecular weight is 318 g/mol. The molecule has 1 aromatic rings. The van der Waals surface area contributed by atoms with E-state index in [1.807, 2.05) is 13.8 Å². The van der Waals surface area contributed by atoms with E-state index in [1.165, 1.54) is 4.90 Å². The number of amides is 2. The van der Waals surface area contributed by atoms with Crippen LogP contribution in [0.5, 0.6) is 5.75 Å². The van der Waals surface area contributed by atoms with Crippen molar-refractivity contribution in [1.82, 2.24) is 5.32 Å². The van der Waals surface area contributed by atoms with Crippen molar-refractivity contribution in [2.45, 2.75) is 39.7 Å². The molecule has 1 heterocycles. The van der Waals surface area contributed by atoms with Gasteiger partial charge in [0, 0.05) is 18.0 Å². The third-order valence-electron chi connectivity index (χ3n) is 3.87. The molecule has 0 spiro atoms. The number of hydrogen-bond acceptors (Lipinski definition) is 4. The number of carbonyl (C=O) groups is 3. The second-order valence-corrected chi connectivity index (χ2v) is 5.60. The monoisotopic (exact) mass is 318 g/mol. The van der Waals surface area contributed by atoms with Crippen LogP contribution in [0.2, 0.25) is 0 Å². The summed E-state index contributed by atoms with van der Waals surface area (Å²) >= 11 is 0. The lowest BCUT2D eigenvalue weighted by Crippen LogP contribution is -2.46. The fourth-order valence-corrected chi connectivity index (χ4v) is 2.32. The van der Waals surface area contributed by atoms with Crippen LogP contribution in [0, 0.1) is 0 Å². The van der Waals surface area contributed by atoms with E-state index in [0.29, 0.717) is 23.4 Å². The summed E-state index contributed by atoms with van der Waals surface area (Å²) in [5.74, 6) is -0.0332. The summed E-state index contributed by atoms with van der Waals surface area (Å²) in [4.78, 5) is 37.5. The first-order valence-corrected chi connectivity index (χ1v) is 7.86. The Morgan fingerprint density at radius 1 is 1.35 bits per heavy atom. The number of hydrogen-bond donors (Lipinski definition) is 1. The van der Waals surface area contributed by atoms with Crippen molar-refractivity contribution in [2.24, 2.45) is 0 Å². The number of benzene rings is 1. The summed E-state index contributed by atoms with van der Waals surface area (Å²) in [6, 6.07) is 5.02. The van der Waals surface area contributed by atoms with Gasteiger partial charge in [0.25, 0.3) is 5.91 Å². The molecule has 1 N–H and O–H groups in total. The molecule has 1 aliphatic rings. The van der Waals surface area contributed by atoms with Crippen LogP contribution in [0.15, 0.2) is 18.2 Å². The minimum Gasteiger partial charge on any atom is -0.482 e. The predicted molar refractivity (Wildman–Crippen MR) is 86.8 cm³/mol. The number of anilines is 1. The Balaban J connectivity index is 2.25. The third kappa shape index (κ3) is 3.88. The summed E-state index contributed by atoms with van der Waals surface area (Å²) in [5.41, 5.74) is 0.983. The van der Waals surface area contributed by atoms with Gasteiger partial charge in [0.05, 0.1) is 5.69 Å². The Morgan fingerprint density at radius 3 is 2.74 bits per heavy atom. The minimum absolute atomic E-state index is 0.0187. The van der Waals surface area contributed by atoms with E-state index in [0.717, 1.165) is 6.42 Å². The highest BCUT2D eigenvalue weighted by molar-refractivity contribution is 6.04. The van der Waals surface area contributed by atoms with Crippen LogP contribution < -0.4 is 15.0 Å². The van der Waals surface area contributed by atoms with Crippen molar-refractivity contribution in [3.63, 3.8) is 0 Å². The largest absolute Gasteiger partial charge is 0.482 e. The molecule has 2 rings (SSSR count). The number of nitrogens with one attached hydrogen (secondary N) is 1. The summed E-state index contributed by atoms with van der Waals surface area (Å²) in [5, 5.41) is 2.84. The van der Waals surface area contributed by atoms with Gasteiger partial charge in [-0.15, -0.1) is 0 Å². The zero-order valence-corrected chi connectivity index (χ0v) is 13.7. The molecule has 1 aliphatic heterocycles. The first-order chi connectivity index (χ1) is 11.0. The van der Waals surface area contributed by atoms with Gasteiger partial charge in [-0.05, 0) is 31.5 Å². The van der Waals surface area contributed by atoms with Gasteiger partial charge in [-0.25, -0.2) is 0 Å². The predicted octanol–water partition coefficient (Wildman–Crippen LogP) is 1.92. The number of carbonyl (C=O) groups excluding carboxylic acids is 3. The van der Waals surface area contributed by atoms with Crippen molar-refractivity contribution < 1.29 is 19.1 Å². The lowest BCUT2D eigenvalue weighted by atomic mass is 10.1. The van der Waals surface area contributed by atoms with Gasteiger partial charge in [0.1, 0.15) is 12.3 Å². The highest BCUT2D eigenvalue weighted by Gasteiger charge is 2.28. The zero-order chi connectivity index (χ0) is 17.0. The van der Waals surface area contributed by atoms with E-state index in [9.17, 15) is 14.4 Å². The number of rotatable bonds is 6. The molecule has 1 aromatic carbocycles. The number of fused-ring (bicyclic) bond motifs is 1. The molecule has 124 valence electrons. The van der Waals surface area contributed by atoms with Crippen LogP contribution in [0.4, 0.5) is 5.69 Å². The molecule has 1 unspecified atom stereocenters. The standard InChI is InChI=1S/C17H22N2O4/c1-4-11(3)18-16(21)9-19-13-8-12(14(20)5-2)6-7-15(13)23-10-17(19)22/h6-8,11H,4-5,9-10H2,1-3H3,(H,18,21). The Hall–Kier alpha value is -2.37. The lowest BCUT2D eigenvalue weighted by Gasteiger charge is -2.29. The van der Waals surface area contributed by atoms with Gasteiger partial charge >= 0.3 is 0 Å². The van der Waals surface area contributed by atoms with Gasteiger partial charge < -0.3 is 10.1 Å². The number of ether oxygens (including phenoxy) is 1. The summed E-state index contributed by atoms with van der Waals surface area (Å²) in [6.07, 6.45) is 1.19. The first kappa shape index (κ1) is 17.0. The molecule has 0 saturated heterocycles. The molecule has 0 radical (unpaired) electrons. The quantitative estimate of drug-likeness (QED) is 0.813. The van der Waals surface area contributed by atoms with Crippen molar-refractivity contribution in [1.29, 1.82) is 0 Å².